The molecule has 0 bridgehead atoms. The van der Waals surface area contributed by atoms with Gasteiger partial charge in [0.2, 0.25) is 0 Å². The van der Waals surface area contributed by atoms with Gasteiger partial charge in [-0.3, -0.25) is 4.79 Å². The minimum absolute atomic E-state index is 0.162. The Balaban J connectivity index is 3.98. The summed E-state index contributed by atoms with van der Waals surface area (Å²) in [7, 11) is 0. The van der Waals surface area contributed by atoms with Gasteiger partial charge in [0.1, 0.15) is 6.29 Å². The molecule has 0 aromatic heterocycles. The number of hydrogen-bond acceptors (Lipinski definition) is 1. The first-order valence-corrected chi connectivity index (χ1v) is 0.774. The second-order valence-electron chi connectivity index (χ2n) is 0.262. The molecule has 0 heterocycles. The number of carbonyl (C=O) groups excluding carboxylic acids is 1. The molecule has 0 saturated carbocycles. The van der Waals surface area contributed by atoms with E-state index in [0.717, 1.165) is 0 Å². The van der Waals surface area contributed by atoms with Crippen LogP contribution in [0, 0.1) is 0 Å². The van der Waals surface area contributed by atoms with Crippen LogP contribution in [0.1, 0.15) is 4.11 Å². The minimum Gasteiger partial charge on any atom is -0.299 e. The molecule has 0 radical (unpaired) electrons. The standard InChI is InChI=1S/C3H4O/c1-2-3-4/h2-3H,1H2/i1D2,2D. The van der Waals surface area contributed by atoms with Crippen molar-refractivity contribution in [2.45, 2.75) is 0 Å². The Hall–Kier alpha value is -0.590. The summed E-state index contributed by atoms with van der Waals surface area (Å²) in [6.45, 7) is -0.741. The lowest BCUT2D eigenvalue weighted by Gasteiger charge is -1.37. The highest BCUT2D eigenvalue weighted by molar-refractivity contribution is 5.63. The molecule has 22 valence electrons. The molecule has 0 amide bonds. The van der Waals surface area contributed by atoms with Crippen molar-refractivity contribution < 1.29 is 8.91 Å². The van der Waals surface area contributed by atoms with Gasteiger partial charge in [0, 0.05) is 0 Å². The average Bonchev–Trinajstić information content (AvgIpc) is 1.65. The van der Waals surface area contributed by atoms with Gasteiger partial charge in [-0.1, -0.05) is 6.53 Å². The summed E-state index contributed by atoms with van der Waals surface area (Å²) in [4.78, 5) is 9.46. The molecule has 0 rings (SSSR count). The molecule has 1 heteroatoms. The van der Waals surface area contributed by atoms with Crippen molar-refractivity contribution in [2.24, 2.45) is 0 Å². The van der Waals surface area contributed by atoms with Crippen molar-refractivity contribution in [1.29, 1.82) is 0 Å². The minimum atomic E-state index is -0.741. The molecular formula is C3H4O. The van der Waals surface area contributed by atoms with Crippen LogP contribution in [0.25, 0.3) is 0 Å². The molecule has 0 aliphatic heterocycles. The Morgan fingerprint density at radius 2 is 3.25 bits per heavy atom. The molecule has 0 spiro atoms. The lowest BCUT2D eigenvalue weighted by Crippen LogP contribution is -1.44. The molecule has 0 N–H and O–H groups in total. The molecule has 1 nitrogen and oxygen atoms in total. The van der Waals surface area contributed by atoms with Crippen LogP contribution in [0.2, 0.25) is 0 Å². The fraction of sp³-hybridized carbons (Fsp3) is 0. The summed E-state index contributed by atoms with van der Waals surface area (Å²) in [5.41, 5.74) is 0. The van der Waals surface area contributed by atoms with Crippen molar-refractivity contribution in [3.05, 3.63) is 12.6 Å². The predicted octanol–water partition coefficient (Wildman–Crippen LogP) is 0.371. The zero-order valence-electron chi connectivity index (χ0n) is 4.99. The first-order chi connectivity index (χ1) is 3.18. The van der Waals surface area contributed by atoms with Gasteiger partial charge in [-0.25, -0.2) is 0 Å². The fourth-order valence-corrected chi connectivity index (χ4v) is 0. The lowest BCUT2D eigenvalue weighted by atomic mass is 10.8. The molecule has 0 aromatic rings. The fourth-order valence-electron chi connectivity index (χ4n) is 0. The molecule has 0 fully saturated rings. The van der Waals surface area contributed by atoms with Gasteiger partial charge in [-0.15, -0.1) is 0 Å². The highest BCUT2D eigenvalue weighted by Gasteiger charge is 1.38. The van der Waals surface area contributed by atoms with E-state index in [1.165, 1.54) is 0 Å². The van der Waals surface area contributed by atoms with E-state index in [-0.39, 0.29) is 6.29 Å². The van der Waals surface area contributed by atoms with E-state index in [1.807, 2.05) is 0 Å². The highest BCUT2D eigenvalue weighted by atomic mass is 16.1. The molecule has 0 atom stereocenters. The van der Waals surface area contributed by atoms with E-state index in [1.54, 1.807) is 0 Å². The third kappa shape index (κ3) is 1.41. The summed E-state index contributed by atoms with van der Waals surface area (Å²) in [5.74, 6) is 0. The second-order valence-corrected chi connectivity index (χ2v) is 0.262. The van der Waals surface area contributed by atoms with Gasteiger partial charge in [-0.05, 0) is 6.05 Å². The number of carbonyl (C=O) groups is 1. The maximum absolute atomic E-state index is 9.46. The van der Waals surface area contributed by atoms with E-state index >= 15 is 0 Å². The van der Waals surface area contributed by atoms with E-state index in [0.29, 0.717) is 0 Å². The van der Waals surface area contributed by atoms with Crippen LogP contribution in [0.3, 0.4) is 0 Å². The monoisotopic (exact) mass is 59.0 g/mol. The largest absolute Gasteiger partial charge is 0.299 e. The van der Waals surface area contributed by atoms with Crippen molar-refractivity contribution in [1.82, 2.24) is 0 Å². The molecular weight excluding hydrogens is 52.0 g/mol. The van der Waals surface area contributed by atoms with Crippen LogP contribution in [0.5, 0.6) is 0 Å². The van der Waals surface area contributed by atoms with Crippen molar-refractivity contribution in [3.63, 3.8) is 0 Å². The van der Waals surface area contributed by atoms with Crippen LogP contribution in [-0.4, -0.2) is 6.29 Å². The Labute approximate surface area is 29.2 Å². The summed E-state index contributed by atoms with van der Waals surface area (Å²) < 4.78 is 19.0. The maximum Gasteiger partial charge on any atom is 0.142 e. The van der Waals surface area contributed by atoms with Crippen molar-refractivity contribution >= 4 is 6.29 Å². The van der Waals surface area contributed by atoms with Gasteiger partial charge in [0.05, 0.1) is 4.11 Å². The summed E-state index contributed by atoms with van der Waals surface area (Å²) in [5, 5.41) is 0. The van der Waals surface area contributed by atoms with Gasteiger partial charge >= 0.3 is 0 Å². The van der Waals surface area contributed by atoms with E-state index in [2.05, 4.69) is 0 Å². The zero-order chi connectivity index (χ0) is 5.86. The van der Waals surface area contributed by atoms with E-state index in [4.69, 9.17) is 4.11 Å². The number of hydrogen-bond donors (Lipinski definition) is 0. The van der Waals surface area contributed by atoms with Crippen LogP contribution < -0.4 is 0 Å². The Bertz CT molecular complexity index is 103. The Kier molecular flexibility index (Phi) is 0.408. The molecule has 0 unspecified atom stereocenters. The quantitative estimate of drug-likeness (QED) is 0.315. The second kappa shape index (κ2) is 2.41. The zero-order valence-corrected chi connectivity index (χ0v) is 1.99. The van der Waals surface area contributed by atoms with Gasteiger partial charge in [0.25, 0.3) is 0 Å². The van der Waals surface area contributed by atoms with Gasteiger partial charge in [0.15, 0.2) is 0 Å². The lowest BCUT2D eigenvalue weighted by molar-refractivity contribution is -0.104. The van der Waals surface area contributed by atoms with Crippen LogP contribution in [0.4, 0.5) is 0 Å². The molecule has 0 aliphatic carbocycles. The normalized spacial score (nSPS) is 14.5. The smallest absolute Gasteiger partial charge is 0.142 e. The number of rotatable bonds is 1. The molecule has 0 aromatic carbocycles. The third-order valence-corrected chi connectivity index (χ3v) is 0.0589. The number of allylic oxidation sites excluding steroid dienone is 1. The van der Waals surface area contributed by atoms with Crippen LogP contribution >= 0.6 is 0 Å². The summed E-state index contributed by atoms with van der Waals surface area (Å²) in [6.07, 6.45) is 0.162. The maximum atomic E-state index is 9.46. The van der Waals surface area contributed by atoms with Gasteiger partial charge < -0.3 is 0 Å². The van der Waals surface area contributed by atoms with E-state index < -0.39 is 12.6 Å². The molecule has 0 saturated heterocycles. The van der Waals surface area contributed by atoms with Crippen molar-refractivity contribution in [3.8, 4) is 0 Å². The van der Waals surface area contributed by atoms with Gasteiger partial charge in [-0.2, -0.15) is 0 Å². The Morgan fingerprint density at radius 1 is 2.50 bits per heavy atom. The SMILES string of the molecule is [2H]C([2H])=C([2H])C=O. The average molecular weight is 59.1 g/mol. The van der Waals surface area contributed by atoms with Crippen LogP contribution in [0.15, 0.2) is 12.6 Å². The number of aldehydes is 1. The topological polar surface area (TPSA) is 17.1 Å². The Morgan fingerprint density at radius 3 is 3.25 bits per heavy atom. The summed E-state index contributed by atoms with van der Waals surface area (Å²) in [6, 6.07) is -0.583. The first-order valence-electron chi connectivity index (χ1n) is 2.27. The first kappa shape index (κ1) is 0.677. The molecule has 0 aliphatic rings. The summed E-state index contributed by atoms with van der Waals surface area (Å²) >= 11 is 0. The van der Waals surface area contributed by atoms with Crippen molar-refractivity contribution in [2.75, 3.05) is 0 Å². The predicted molar refractivity (Wildman–Crippen MR) is 16.3 cm³/mol. The van der Waals surface area contributed by atoms with E-state index in [9.17, 15) is 4.79 Å². The molecule has 4 heavy (non-hydrogen) atoms. The van der Waals surface area contributed by atoms with Crippen LogP contribution in [-0.2, 0) is 4.79 Å². The highest BCUT2D eigenvalue weighted by Crippen LogP contribution is 1.35. The third-order valence-electron chi connectivity index (χ3n) is 0.0589.